The summed E-state index contributed by atoms with van der Waals surface area (Å²) in [6.45, 7) is 0.144. The minimum absolute atomic E-state index is 0.114. The molecule has 0 saturated carbocycles. The van der Waals surface area contributed by atoms with Crippen LogP contribution in [-0.2, 0) is 11.3 Å². The molecule has 0 fully saturated rings. The third kappa shape index (κ3) is 4.31. The molecule has 8 nitrogen and oxygen atoms in total. The van der Waals surface area contributed by atoms with Crippen molar-refractivity contribution in [1.29, 1.82) is 0 Å². The number of hydrogen-bond donors (Lipinski definition) is 1. The van der Waals surface area contributed by atoms with Crippen LogP contribution in [0.1, 0.15) is 5.69 Å². The fourth-order valence-electron chi connectivity index (χ4n) is 2.12. The molecule has 0 bridgehead atoms. The molecule has 128 valence electrons. The molecule has 3 rings (SSSR count). The van der Waals surface area contributed by atoms with Gasteiger partial charge in [0.1, 0.15) is 5.69 Å². The highest BCUT2D eigenvalue weighted by Crippen LogP contribution is 2.25. The lowest BCUT2D eigenvalue weighted by Gasteiger charge is -2.09. The molecule has 0 unspecified atom stereocenters. The van der Waals surface area contributed by atoms with E-state index in [9.17, 15) is 4.79 Å². The monoisotopic (exact) mass is 339 g/mol. The summed E-state index contributed by atoms with van der Waals surface area (Å²) in [6, 6.07) is 10.8. The zero-order chi connectivity index (χ0) is 17.5. The highest BCUT2D eigenvalue weighted by Gasteiger charge is 2.08. The first-order chi connectivity index (χ1) is 12.3. The Labute approximate surface area is 144 Å². The van der Waals surface area contributed by atoms with Crippen molar-refractivity contribution in [3.05, 3.63) is 60.7 Å². The standard InChI is InChI=1S/C17H17N5O3/c1-24-15-6-2-3-7-16(15)25-12-17(23)19-9-13-11-22(21-20-13)14-5-4-8-18-10-14/h2-8,10-11H,9,12H2,1H3,(H,19,23). The van der Waals surface area contributed by atoms with Gasteiger partial charge in [-0.1, -0.05) is 17.3 Å². The fraction of sp³-hybridized carbons (Fsp3) is 0.176. The third-order valence-electron chi connectivity index (χ3n) is 3.35. The van der Waals surface area contributed by atoms with Crippen molar-refractivity contribution in [1.82, 2.24) is 25.3 Å². The van der Waals surface area contributed by atoms with Gasteiger partial charge in [-0.05, 0) is 24.3 Å². The minimum atomic E-state index is -0.262. The molecule has 25 heavy (non-hydrogen) atoms. The number of hydrogen-bond acceptors (Lipinski definition) is 6. The van der Waals surface area contributed by atoms with E-state index in [1.54, 1.807) is 42.5 Å². The molecule has 1 amide bonds. The number of amides is 1. The van der Waals surface area contributed by atoms with Gasteiger partial charge in [0.15, 0.2) is 18.1 Å². The topological polar surface area (TPSA) is 91.2 Å². The van der Waals surface area contributed by atoms with E-state index in [0.717, 1.165) is 5.69 Å². The van der Waals surface area contributed by atoms with Crippen LogP contribution in [0.4, 0.5) is 0 Å². The lowest BCUT2D eigenvalue weighted by Crippen LogP contribution is -2.28. The Morgan fingerprint density at radius 3 is 2.80 bits per heavy atom. The normalized spacial score (nSPS) is 10.3. The summed E-state index contributed by atoms with van der Waals surface area (Å²) in [5.41, 5.74) is 1.43. The second-order valence-electron chi connectivity index (χ2n) is 5.08. The van der Waals surface area contributed by atoms with Crippen LogP contribution in [0.3, 0.4) is 0 Å². The van der Waals surface area contributed by atoms with Gasteiger partial charge in [-0.2, -0.15) is 0 Å². The molecule has 0 aliphatic heterocycles. The summed E-state index contributed by atoms with van der Waals surface area (Å²) in [5.74, 6) is 0.833. The Hall–Kier alpha value is -3.42. The first kappa shape index (κ1) is 16.4. The number of nitrogens with one attached hydrogen (secondary N) is 1. The molecule has 8 heteroatoms. The highest BCUT2D eigenvalue weighted by molar-refractivity contribution is 5.77. The maximum Gasteiger partial charge on any atom is 0.258 e. The summed E-state index contributed by atoms with van der Waals surface area (Å²) >= 11 is 0. The summed E-state index contributed by atoms with van der Waals surface area (Å²) in [7, 11) is 1.55. The maximum absolute atomic E-state index is 11.9. The number of aromatic nitrogens is 4. The number of para-hydroxylation sites is 2. The first-order valence-corrected chi connectivity index (χ1v) is 7.60. The van der Waals surface area contributed by atoms with Gasteiger partial charge in [-0.15, -0.1) is 5.10 Å². The highest BCUT2D eigenvalue weighted by atomic mass is 16.5. The van der Waals surface area contributed by atoms with E-state index in [-0.39, 0.29) is 19.1 Å². The van der Waals surface area contributed by atoms with Crippen molar-refractivity contribution >= 4 is 5.91 Å². The van der Waals surface area contributed by atoms with Gasteiger partial charge in [-0.3, -0.25) is 9.78 Å². The second kappa shape index (κ2) is 7.91. The van der Waals surface area contributed by atoms with Gasteiger partial charge < -0.3 is 14.8 Å². The second-order valence-corrected chi connectivity index (χ2v) is 5.08. The van der Waals surface area contributed by atoms with E-state index in [2.05, 4.69) is 20.6 Å². The minimum Gasteiger partial charge on any atom is -0.493 e. The number of ether oxygens (including phenoxy) is 2. The molecule has 0 aliphatic carbocycles. The van der Waals surface area contributed by atoms with E-state index in [0.29, 0.717) is 17.2 Å². The van der Waals surface area contributed by atoms with E-state index in [4.69, 9.17) is 9.47 Å². The summed E-state index contributed by atoms with van der Waals surface area (Å²) < 4.78 is 12.2. The van der Waals surface area contributed by atoms with Crippen molar-refractivity contribution in [3.63, 3.8) is 0 Å². The lowest BCUT2D eigenvalue weighted by atomic mass is 10.3. The number of carbonyl (C=O) groups is 1. The van der Waals surface area contributed by atoms with E-state index in [1.807, 2.05) is 24.3 Å². The predicted molar refractivity (Wildman–Crippen MR) is 89.5 cm³/mol. The average molecular weight is 339 g/mol. The largest absolute Gasteiger partial charge is 0.493 e. The van der Waals surface area contributed by atoms with Crippen molar-refractivity contribution in [3.8, 4) is 17.2 Å². The summed E-state index contributed by atoms with van der Waals surface area (Å²) in [6.07, 6.45) is 5.10. The number of carbonyl (C=O) groups excluding carboxylic acids is 1. The number of rotatable bonds is 7. The smallest absolute Gasteiger partial charge is 0.258 e. The van der Waals surface area contributed by atoms with Crippen LogP contribution < -0.4 is 14.8 Å². The molecule has 0 atom stereocenters. The number of methoxy groups -OCH3 is 1. The van der Waals surface area contributed by atoms with Gasteiger partial charge in [0.05, 0.1) is 31.7 Å². The number of benzene rings is 1. The van der Waals surface area contributed by atoms with E-state index in [1.165, 1.54) is 0 Å². The molecule has 0 spiro atoms. The first-order valence-electron chi connectivity index (χ1n) is 7.60. The quantitative estimate of drug-likeness (QED) is 0.699. The van der Waals surface area contributed by atoms with Crippen LogP contribution in [0, 0.1) is 0 Å². The van der Waals surface area contributed by atoms with Crippen LogP contribution in [-0.4, -0.2) is 39.6 Å². The molecule has 0 radical (unpaired) electrons. The zero-order valence-electron chi connectivity index (χ0n) is 13.6. The predicted octanol–water partition coefficient (Wildman–Crippen LogP) is 1.37. The van der Waals surface area contributed by atoms with Crippen molar-refractivity contribution in [2.45, 2.75) is 6.54 Å². The van der Waals surface area contributed by atoms with E-state index >= 15 is 0 Å². The van der Waals surface area contributed by atoms with E-state index < -0.39 is 0 Å². The molecular formula is C17H17N5O3. The summed E-state index contributed by atoms with van der Waals surface area (Å²) in [5, 5.41) is 10.8. The van der Waals surface area contributed by atoms with Gasteiger partial charge in [-0.25, -0.2) is 4.68 Å². The van der Waals surface area contributed by atoms with Crippen molar-refractivity contribution in [2.75, 3.05) is 13.7 Å². The molecule has 1 aromatic carbocycles. The van der Waals surface area contributed by atoms with Crippen LogP contribution in [0.2, 0.25) is 0 Å². The van der Waals surface area contributed by atoms with Gasteiger partial charge in [0.2, 0.25) is 0 Å². The molecule has 0 saturated heterocycles. The Balaban J connectivity index is 1.50. The Morgan fingerprint density at radius 2 is 2.04 bits per heavy atom. The molecule has 2 heterocycles. The summed E-state index contributed by atoms with van der Waals surface area (Å²) in [4.78, 5) is 16.0. The Bertz CT molecular complexity index is 835. The van der Waals surface area contributed by atoms with Gasteiger partial charge in [0, 0.05) is 6.20 Å². The SMILES string of the molecule is COc1ccccc1OCC(=O)NCc1cn(-c2cccnc2)nn1. The molecule has 3 aromatic rings. The van der Waals surface area contributed by atoms with Crippen LogP contribution in [0.5, 0.6) is 11.5 Å². The average Bonchev–Trinajstić information content (AvgIpc) is 3.14. The zero-order valence-corrected chi connectivity index (χ0v) is 13.6. The third-order valence-corrected chi connectivity index (χ3v) is 3.35. The van der Waals surface area contributed by atoms with Crippen LogP contribution in [0.15, 0.2) is 55.0 Å². The molecule has 1 N–H and O–H groups in total. The molecule has 0 aliphatic rings. The van der Waals surface area contributed by atoms with Crippen molar-refractivity contribution < 1.29 is 14.3 Å². The van der Waals surface area contributed by atoms with Crippen LogP contribution >= 0.6 is 0 Å². The lowest BCUT2D eigenvalue weighted by molar-refractivity contribution is -0.123. The van der Waals surface area contributed by atoms with Gasteiger partial charge >= 0.3 is 0 Å². The Morgan fingerprint density at radius 1 is 1.20 bits per heavy atom. The molecular weight excluding hydrogens is 322 g/mol. The van der Waals surface area contributed by atoms with Crippen molar-refractivity contribution in [2.24, 2.45) is 0 Å². The Kier molecular flexibility index (Phi) is 5.20. The number of pyridine rings is 1. The molecule has 2 aromatic heterocycles. The maximum atomic E-state index is 11.9. The van der Waals surface area contributed by atoms with Crippen LogP contribution in [0.25, 0.3) is 5.69 Å². The van der Waals surface area contributed by atoms with Gasteiger partial charge in [0.25, 0.3) is 5.91 Å². The fourth-order valence-corrected chi connectivity index (χ4v) is 2.12. The number of nitrogens with zero attached hydrogens (tertiary/aromatic N) is 4.